The van der Waals surface area contributed by atoms with Gasteiger partial charge in [0.2, 0.25) is 0 Å². The number of rotatable bonds is 4. The van der Waals surface area contributed by atoms with Gasteiger partial charge >= 0.3 is 0 Å². The summed E-state index contributed by atoms with van der Waals surface area (Å²) in [5.74, 6) is 1.28. The van der Waals surface area contributed by atoms with Crippen molar-refractivity contribution < 1.29 is 14.3 Å². The van der Waals surface area contributed by atoms with Gasteiger partial charge in [0.05, 0.1) is 31.5 Å². The van der Waals surface area contributed by atoms with Gasteiger partial charge in [0.25, 0.3) is 5.91 Å². The van der Waals surface area contributed by atoms with Gasteiger partial charge in [-0.15, -0.1) is 0 Å². The predicted molar refractivity (Wildman–Crippen MR) is 104 cm³/mol. The first-order valence-electron chi connectivity index (χ1n) is 9.07. The fourth-order valence-electron chi connectivity index (χ4n) is 3.79. The van der Waals surface area contributed by atoms with Gasteiger partial charge in [0.15, 0.2) is 11.5 Å². The van der Waals surface area contributed by atoms with Crippen molar-refractivity contribution in [3.63, 3.8) is 0 Å². The van der Waals surface area contributed by atoms with Crippen molar-refractivity contribution in [1.29, 1.82) is 0 Å². The van der Waals surface area contributed by atoms with Crippen LogP contribution >= 0.6 is 0 Å². The van der Waals surface area contributed by atoms with Crippen LogP contribution in [0.25, 0.3) is 0 Å². The average Bonchev–Trinajstić information content (AvgIpc) is 3.17. The number of amides is 1. The second kappa shape index (κ2) is 7.34. The number of fused-ring (bicyclic) bond motifs is 1. The van der Waals surface area contributed by atoms with Gasteiger partial charge in [-0.1, -0.05) is 0 Å². The molecule has 0 spiro atoms. The molecule has 2 aromatic heterocycles. The Kier molecular flexibility index (Phi) is 4.73. The molecule has 0 saturated carbocycles. The largest absolute Gasteiger partial charge is 0.493 e. The molecule has 0 radical (unpaired) electrons. The molecule has 1 aromatic carbocycles. The molecular formula is C21H22N4O3. The van der Waals surface area contributed by atoms with Gasteiger partial charge in [-0.3, -0.25) is 14.5 Å². The molecule has 0 N–H and O–H groups in total. The van der Waals surface area contributed by atoms with Crippen LogP contribution < -0.4 is 9.47 Å². The summed E-state index contributed by atoms with van der Waals surface area (Å²) >= 11 is 0. The van der Waals surface area contributed by atoms with Crippen LogP contribution in [0.15, 0.2) is 48.9 Å². The number of aryl methyl sites for hydroxylation is 1. The van der Waals surface area contributed by atoms with E-state index in [-0.39, 0.29) is 11.9 Å². The maximum atomic E-state index is 13.3. The standard InChI is InChI=1S/C21H22N4O3/c1-24-17(6-9-23-24)20-16-12-19(28-3)18(27-2)11-14(16)7-10-25(20)21(26)15-5-4-8-22-13-15/h4-6,8-9,11-13,20H,7,10H2,1-3H3/t20-/m1/s1. The summed E-state index contributed by atoms with van der Waals surface area (Å²) in [7, 11) is 5.13. The van der Waals surface area contributed by atoms with Gasteiger partial charge < -0.3 is 14.4 Å². The van der Waals surface area contributed by atoms with E-state index < -0.39 is 0 Å². The highest BCUT2D eigenvalue weighted by Gasteiger charge is 2.35. The van der Waals surface area contributed by atoms with Crippen LogP contribution in [0.3, 0.4) is 0 Å². The van der Waals surface area contributed by atoms with Crippen LogP contribution in [0, 0.1) is 0 Å². The molecule has 1 atom stereocenters. The lowest BCUT2D eigenvalue weighted by molar-refractivity contribution is 0.0687. The fraction of sp³-hybridized carbons (Fsp3) is 0.286. The maximum Gasteiger partial charge on any atom is 0.256 e. The van der Waals surface area contributed by atoms with E-state index in [0.29, 0.717) is 23.6 Å². The fourth-order valence-corrected chi connectivity index (χ4v) is 3.79. The van der Waals surface area contributed by atoms with Crippen LogP contribution in [0.5, 0.6) is 11.5 Å². The summed E-state index contributed by atoms with van der Waals surface area (Å²) in [5, 5.41) is 4.32. The Balaban J connectivity index is 1.86. The third kappa shape index (κ3) is 2.98. The first-order valence-corrected chi connectivity index (χ1v) is 9.07. The second-order valence-corrected chi connectivity index (χ2v) is 6.68. The van der Waals surface area contributed by atoms with E-state index in [9.17, 15) is 4.79 Å². The Morgan fingerprint density at radius 2 is 1.93 bits per heavy atom. The molecule has 1 amide bonds. The monoisotopic (exact) mass is 378 g/mol. The molecule has 0 unspecified atom stereocenters. The Hall–Kier alpha value is -3.35. The van der Waals surface area contributed by atoms with Crippen LogP contribution in [-0.2, 0) is 13.5 Å². The van der Waals surface area contributed by atoms with E-state index >= 15 is 0 Å². The molecule has 0 fully saturated rings. The molecule has 0 bridgehead atoms. The number of ether oxygens (including phenoxy) is 2. The highest BCUT2D eigenvalue weighted by molar-refractivity contribution is 5.94. The Labute approximate surface area is 163 Å². The van der Waals surface area contributed by atoms with E-state index in [1.807, 2.05) is 30.1 Å². The lowest BCUT2D eigenvalue weighted by atomic mass is 9.89. The maximum absolute atomic E-state index is 13.3. The SMILES string of the molecule is COc1cc2c(cc1OC)[C@H](c1ccnn1C)N(C(=O)c1cccnc1)CC2. The van der Waals surface area contributed by atoms with Crippen molar-refractivity contribution in [2.45, 2.75) is 12.5 Å². The third-order valence-corrected chi connectivity index (χ3v) is 5.18. The Morgan fingerprint density at radius 1 is 1.14 bits per heavy atom. The lowest BCUT2D eigenvalue weighted by Gasteiger charge is -2.37. The smallest absolute Gasteiger partial charge is 0.256 e. The number of pyridine rings is 1. The summed E-state index contributed by atoms with van der Waals surface area (Å²) in [6.07, 6.45) is 5.75. The first-order chi connectivity index (χ1) is 13.6. The number of methoxy groups -OCH3 is 2. The molecule has 0 aliphatic carbocycles. The first kappa shape index (κ1) is 18.0. The molecular weight excluding hydrogens is 356 g/mol. The molecule has 7 nitrogen and oxygen atoms in total. The molecule has 3 heterocycles. The number of carbonyl (C=O) groups is 1. The number of carbonyl (C=O) groups excluding carboxylic acids is 1. The van der Waals surface area contributed by atoms with E-state index in [1.165, 1.54) is 0 Å². The predicted octanol–water partition coefficient (Wildman–Crippen LogP) is 2.62. The Morgan fingerprint density at radius 3 is 2.57 bits per heavy atom. The zero-order valence-electron chi connectivity index (χ0n) is 16.1. The quantitative estimate of drug-likeness (QED) is 0.698. The molecule has 7 heteroatoms. The van der Waals surface area contributed by atoms with E-state index in [2.05, 4.69) is 10.1 Å². The topological polar surface area (TPSA) is 69.5 Å². The van der Waals surface area contributed by atoms with Gasteiger partial charge in [0.1, 0.15) is 0 Å². The van der Waals surface area contributed by atoms with Gasteiger partial charge in [-0.05, 0) is 47.9 Å². The summed E-state index contributed by atoms with van der Waals surface area (Å²) in [6.45, 7) is 0.589. The molecule has 4 rings (SSSR count). The number of hydrogen-bond acceptors (Lipinski definition) is 5. The van der Waals surface area contributed by atoms with Crippen molar-refractivity contribution >= 4 is 5.91 Å². The van der Waals surface area contributed by atoms with Gasteiger partial charge in [0, 0.05) is 32.2 Å². The van der Waals surface area contributed by atoms with Crippen molar-refractivity contribution in [3.8, 4) is 11.5 Å². The number of hydrogen-bond donors (Lipinski definition) is 0. The van der Waals surface area contributed by atoms with E-state index in [0.717, 1.165) is 23.2 Å². The van der Waals surface area contributed by atoms with Crippen molar-refractivity contribution in [1.82, 2.24) is 19.7 Å². The van der Waals surface area contributed by atoms with Crippen molar-refractivity contribution in [2.24, 2.45) is 7.05 Å². The van der Waals surface area contributed by atoms with Crippen molar-refractivity contribution in [3.05, 3.63) is 71.3 Å². The highest BCUT2D eigenvalue weighted by atomic mass is 16.5. The Bertz CT molecular complexity index is 1000. The van der Waals surface area contributed by atoms with Crippen LogP contribution in [0.4, 0.5) is 0 Å². The highest BCUT2D eigenvalue weighted by Crippen LogP contribution is 2.41. The zero-order valence-corrected chi connectivity index (χ0v) is 16.1. The second-order valence-electron chi connectivity index (χ2n) is 6.68. The minimum absolute atomic E-state index is 0.0558. The summed E-state index contributed by atoms with van der Waals surface area (Å²) in [4.78, 5) is 19.3. The lowest BCUT2D eigenvalue weighted by Crippen LogP contribution is -2.41. The van der Waals surface area contributed by atoms with Gasteiger partial charge in [-0.25, -0.2) is 0 Å². The van der Waals surface area contributed by atoms with Crippen LogP contribution in [-0.4, -0.2) is 46.3 Å². The molecule has 28 heavy (non-hydrogen) atoms. The molecule has 1 aliphatic heterocycles. The molecule has 3 aromatic rings. The molecule has 1 aliphatic rings. The average molecular weight is 378 g/mol. The van der Waals surface area contributed by atoms with E-state index in [4.69, 9.17) is 9.47 Å². The summed E-state index contributed by atoms with van der Waals surface area (Å²) in [5.41, 5.74) is 3.66. The van der Waals surface area contributed by atoms with Gasteiger partial charge in [-0.2, -0.15) is 5.10 Å². The molecule has 0 saturated heterocycles. The minimum Gasteiger partial charge on any atom is -0.493 e. The minimum atomic E-state index is -0.274. The van der Waals surface area contributed by atoms with E-state index in [1.54, 1.807) is 49.6 Å². The zero-order chi connectivity index (χ0) is 19.7. The molecule has 144 valence electrons. The normalized spacial score (nSPS) is 15.8. The summed E-state index contributed by atoms with van der Waals surface area (Å²) < 4.78 is 12.8. The van der Waals surface area contributed by atoms with Crippen LogP contribution in [0.2, 0.25) is 0 Å². The van der Waals surface area contributed by atoms with Crippen molar-refractivity contribution in [2.75, 3.05) is 20.8 Å². The summed E-state index contributed by atoms with van der Waals surface area (Å²) in [6, 6.07) is 9.21. The number of aromatic nitrogens is 3. The number of nitrogens with zero attached hydrogens (tertiary/aromatic N) is 4. The number of benzene rings is 1. The third-order valence-electron chi connectivity index (χ3n) is 5.18. The van der Waals surface area contributed by atoms with Crippen LogP contribution in [0.1, 0.15) is 33.2 Å².